The molecule has 3 nitrogen and oxygen atoms in total. The molecule has 7 aromatic rings. The maximum atomic E-state index is 2.60. The Morgan fingerprint density at radius 2 is 1.31 bits per heavy atom. The second-order valence-corrected chi connectivity index (χ2v) is 14.9. The summed E-state index contributed by atoms with van der Waals surface area (Å²) in [4.78, 5) is 0. The molecule has 1 aliphatic rings. The van der Waals surface area contributed by atoms with Crippen LogP contribution in [0.5, 0.6) is 0 Å². The number of imidazole rings is 1. The largest absolute Gasteiger partial charge is 0.309 e. The smallest absolute Gasteiger partial charge is 0.294 e. The monoisotopic (exact) mass is 628 g/mol. The van der Waals surface area contributed by atoms with Crippen LogP contribution >= 0.6 is 0 Å². The topological polar surface area (TPSA) is 13.7 Å². The minimum atomic E-state index is 0.0833. The minimum absolute atomic E-state index is 0.0833. The Bertz CT molecular complexity index is 2270. The van der Waals surface area contributed by atoms with Gasteiger partial charge in [0.25, 0.3) is 5.82 Å². The summed E-state index contributed by atoms with van der Waals surface area (Å²) in [6, 6.07) is 40.3. The maximum Gasteiger partial charge on any atom is 0.294 e. The zero-order chi connectivity index (χ0) is 33.3. The van der Waals surface area contributed by atoms with Gasteiger partial charge in [-0.3, -0.25) is 0 Å². The van der Waals surface area contributed by atoms with E-state index in [-0.39, 0.29) is 5.54 Å². The summed E-state index contributed by atoms with van der Waals surface area (Å²) in [6.45, 7) is 16.5. The third kappa shape index (κ3) is 4.74. The fourth-order valence-electron chi connectivity index (χ4n) is 7.99. The highest BCUT2D eigenvalue weighted by Gasteiger charge is 2.55. The van der Waals surface area contributed by atoms with Crippen LogP contribution in [0.2, 0.25) is 0 Å². The molecule has 2 heterocycles. The van der Waals surface area contributed by atoms with E-state index in [0.717, 1.165) is 0 Å². The van der Waals surface area contributed by atoms with Crippen LogP contribution in [0.1, 0.15) is 76.5 Å². The molecule has 0 N–H and O–H groups in total. The first-order valence-corrected chi connectivity index (χ1v) is 17.6. The second kappa shape index (κ2) is 11.4. The molecule has 8 rings (SSSR count). The lowest BCUT2D eigenvalue weighted by molar-refractivity contribution is -0.727. The Hall–Kier alpha value is -4.89. The zero-order valence-corrected chi connectivity index (χ0v) is 29.3. The standard InChI is InChI=1S/C45H46N3/c1-29(2)37-25-34(33-16-10-8-11-17-33)26-38(30(3)4)43(37)46-22-23-47(45(7)28-32(45)6)44(46)39-27-40-36-20-14-15-21-41(36)48(42(40)24-31(39)5)35-18-12-9-13-19-35/h8-27,29-30,32H,28H2,1-7H3/q+1/t32-,45?/m1/s1. The lowest BCUT2D eigenvalue weighted by Gasteiger charge is -2.21. The van der Waals surface area contributed by atoms with E-state index in [1.165, 1.54) is 78.8 Å². The van der Waals surface area contributed by atoms with Crippen molar-refractivity contribution in [3.63, 3.8) is 0 Å². The molecule has 2 atom stereocenters. The van der Waals surface area contributed by atoms with Gasteiger partial charge in [-0.05, 0) is 91.3 Å². The van der Waals surface area contributed by atoms with Crippen LogP contribution in [0.3, 0.4) is 0 Å². The maximum absolute atomic E-state index is 2.60. The van der Waals surface area contributed by atoms with Crippen LogP contribution in [0.25, 0.3) is 55.7 Å². The van der Waals surface area contributed by atoms with Crippen molar-refractivity contribution in [1.29, 1.82) is 0 Å². The van der Waals surface area contributed by atoms with Gasteiger partial charge >= 0.3 is 0 Å². The van der Waals surface area contributed by atoms with Crippen molar-refractivity contribution >= 4 is 21.8 Å². The summed E-state index contributed by atoms with van der Waals surface area (Å²) in [5.74, 6) is 2.60. The molecule has 0 amide bonds. The molecule has 1 aliphatic carbocycles. The molecule has 0 aliphatic heterocycles. The molecular weight excluding hydrogens is 583 g/mol. The molecule has 1 fully saturated rings. The fraction of sp³-hybridized carbons (Fsp3) is 0.267. The van der Waals surface area contributed by atoms with Crippen molar-refractivity contribution in [2.24, 2.45) is 5.92 Å². The molecule has 240 valence electrons. The van der Waals surface area contributed by atoms with Gasteiger partial charge in [0.2, 0.25) is 0 Å². The molecule has 2 aromatic heterocycles. The van der Waals surface area contributed by atoms with Crippen molar-refractivity contribution in [3.8, 4) is 33.9 Å². The third-order valence-corrected chi connectivity index (χ3v) is 11.0. The first-order chi connectivity index (χ1) is 23.2. The summed E-state index contributed by atoms with van der Waals surface area (Å²) < 4.78 is 7.57. The molecule has 0 saturated heterocycles. The van der Waals surface area contributed by atoms with E-state index in [4.69, 9.17) is 0 Å². The molecule has 3 heteroatoms. The van der Waals surface area contributed by atoms with Crippen LogP contribution in [0, 0.1) is 12.8 Å². The number of hydrogen-bond donors (Lipinski definition) is 0. The predicted octanol–water partition coefficient (Wildman–Crippen LogP) is 11.5. The van der Waals surface area contributed by atoms with Crippen LogP contribution in [0.4, 0.5) is 0 Å². The van der Waals surface area contributed by atoms with E-state index in [2.05, 4.69) is 184 Å². The van der Waals surface area contributed by atoms with E-state index < -0.39 is 0 Å². The van der Waals surface area contributed by atoms with Gasteiger partial charge in [-0.15, -0.1) is 0 Å². The number of rotatable bonds is 7. The number of fused-ring (bicyclic) bond motifs is 3. The molecule has 1 saturated carbocycles. The average molecular weight is 629 g/mol. The van der Waals surface area contributed by atoms with Gasteiger partial charge in [-0.2, -0.15) is 4.57 Å². The SMILES string of the molecule is Cc1cc2c(cc1-c1n(-c3c(C(C)C)cc(-c4ccccc4)cc3C(C)C)cc[n+]1C1(C)C[C@H]1C)c1ccccc1n2-c1ccccc1. The van der Waals surface area contributed by atoms with E-state index in [9.17, 15) is 0 Å². The number of hydrogen-bond acceptors (Lipinski definition) is 0. The molecule has 0 spiro atoms. The highest BCUT2D eigenvalue weighted by Crippen LogP contribution is 2.48. The molecular formula is C45H46N3+. The van der Waals surface area contributed by atoms with Gasteiger partial charge < -0.3 is 4.57 Å². The minimum Gasteiger partial charge on any atom is -0.309 e. The number of aryl methyl sites for hydroxylation is 1. The van der Waals surface area contributed by atoms with Gasteiger partial charge in [0.1, 0.15) is 23.6 Å². The third-order valence-electron chi connectivity index (χ3n) is 11.0. The van der Waals surface area contributed by atoms with Gasteiger partial charge in [0.15, 0.2) is 0 Å². The van der Waals surface area contributed by atoms with Gasteiger partial charge in [-0.25, -0.2) is 4.57 Å². The Morgan fingerprint density at radius 3 is 1.94 bits per heavy atom. The van der Waals surface area contributed by atoms with Crippen LogP contribution in [-0.2, 0) is 5.54 Å². The first kappa shape index (κ1) is 30.4. The lowest BCUT2D eigenvalue weighted by Crippen LogP contribution is -2.46. The highest BCUT2D eigenvalue weighted by atomic mass is 15.2. The second-order valence-electron chi connectivity index (χ2n) is 14.9. The summed E-state index contributed by atoms with van der Waals surface area (Å²) in [5.41, 5.74) is 13.0. The average Bonchev–Trinajstić information content (AvgIpc) is 3.39. The molecule has 1 unspecified atom stereocenters. The Balaban J connectivity index is 1.44. The first-order valence-electron chi connectivity index (χ1n) is 17.6. The normalized spacial score (nSPS) is 17.6. The quantitative estimate of drug-likeness (QED) is 0.156. The van der Waals surface area contributed by atoms with E-state index in [1.54, 1.807) is 0 Å². The van der Waals surface area contributed by atoms with E-state index in [1.807, 2.05) is 0 Å². The van der Waals surface area contributed by atoms with Gasteiger partial charge in [0.05, 0.1) is 16.6 Å². The van der Waals surface area contributed by atoms with Crippen molar-refractivity contribution in [3.05, 3.63) is 138 Å². The van der Waals surface area contributed by atoms with Crippen molar-refractivity contribution in [2.45, 2.75) is 72.3 Å². The van der Waals surface area contributed by atoms with E-state index >= 15 is 0 Å². The fourth-order valence-corrected chi connectivity index (χ4v) is 7.99. The van der Waals surface area contributed by atoms with Crippen molar-refractivity contribution < 1.29 is 4.57 Å². The number of aromatic nitrogens is 3. The Morgan fingerprint density at radius 1 is 0.708 bits per heavy atom. The number of para-hydroxylation sites is 2. The van der Waals surface area contributed by atoms with Gasteiger partial charge in [0, 0.05) is 33.5 Å². The summed E-state index contributed by atoms with van der Waals surface area (Å²) >= 11 is 0. The zero-order valence-electron chi connectivity index (χ0n) is 29.3. The van der Waals surface area contributed by atoms with Crippen LogP contribution in [-0.4, -0.2) is 9.13 Å². The predicted molar refractivity (Wildman–Crippen MR) is 202 cm³/mol. The van der Waals surface area contributed by atoms with Crippen LogP contribution < -0.4 is 4.57 Å². The molecule has 0 radical (unpaired) electrons. The summed E-state index contributed by atoms with van der Waals surface area (Å²) in [5, 5.41) is 2.57. The Kier molecular flexibility index (Phi) is 7.21. The summed E-state index contributed by atoms with van der Waals surface area (Å²) in [7, 11) is 0. The molecule has 0 bridgehead atoms. The van der Waals surface area contributed by atoms with Crippen molar-refractivity contribution in [2.75, 3.05) is 0 Å². The molecule has 48 heavy (non-hydrogen) atoms. The van der Waals surface area contributed by atoms with E-state index in [0.29, 0.717) is 17.8 Å². The Labute approximate surface area is 285 Å². The summed E-state index contributed by atoms with van der Waals surface area (Å²) in [6.07, 6.45) is 5.89. The van der Waals surface area contributed by atoms with Crippen LogP contribution in [0.15, 0.2) is 122 Å². The molecule has 5 aromatic carbocycles. The van der Waals surface area contributed by atoms with Gasteiger partial charge in [-0.1, -0.05) is 101 Å². The number of nitrogens with zero attached hydrogens (tertiary/aromatic N) is 3. The number of benzene rings is 5. The van der Waals surface area contributed by atoms with Crippen molar-refractivity contribution in [1.82, 2.24) is 9.13 Å². The lowest BCUT2D eigenvalue weighted by atomic mass is 9.88. The highest BCUT2D eigenvalue weighted by molar-refractivity contribution is 6.10.